The summed E-state index contributed by atoms with van der Waals surface area (Å²) >= 11 is 0. The first-order valence-electron chi connectivity index (χ1n) is 9.42. The summed E-state index contributed by atoms with van der Waals surface area (Å²) in [5, 5.41) is 0.911. The molecule has 28 heavy (non-hydrogen) atoms. The van der Waals surface area contributed by atoms with Crippen molar-refractivity contribution in [3.05, 3.63) is 48.0 Å². The Balaban J connectivity index is 1.91. The van der Waals surface area contributed by atoms with E-state index in [-0.39, 0.29) is 23.6 Å². The van der Waals surface area contributed by atoms with E-state index in [4.69, 9.17) is 9.47 Å². The maximum Gasteiger partial charge on any atom is 0.335 e. The fraction of sp³-hybridized carbons (Fsp3) is 0.318. The second-order valence-electron chi connectivity index (χ2n) is 7.07. The molecule has 2 aromatic carbocycles. The zero-order valence-electron chi connectivity index (χ0n) is 15.7. The molecule has 2 aromatic rings. The molecule has 0 bridgehead atoms. The number of rotatable bonds is 4. The molecule has 2 aliphatic rings. The molecule has 0 saturated heterocycles. The van der Waals surface area contributed by atoms with Crippen LogP contribution in [0.1, 0.15) is 52.8 Å². The summed E-state index contributed by atoms with van der Waals surface area (Å²) in [6.07, 6.45) is 5.89. The molecule has 1 aliphatic carbocycles. The third kappa shape index (κ3) is 2.76. The van der Waals surface area contributed by atoms with Crippen LogP contribution in [0.5, 0.6) is 11.5 Å². The molecule has 0 aromatic heterocycles. The van der Waals surface area contributed by atoms with Crippen LogP contribution in [0.4, 0.5) is 0 Å². The van der Waals surface area contributed by atoms with Crippen molar-refractivity contribution < 1.29 is 23.9 Å². The molecule has 4 rings (SSSR count). The average molecular weight is 379 g/mol. The molecule has 0 radical (unpaired) electrons. The highest BCUT2D eigenvalue weighted by atomic mass is 16.5. The highest BCUT2D eigenvalue weighted by molar-refractivity contribution is 6.27. The van der Waals surface area contributed by atoms with Crippen molar-refractivity contribution in [2.24, 2.45) is 0 Å². The van der Waals surface area contributed by atoms with E-state index in [2.05, 4.69) is 6.58 Å². The number of imide groups is 1. The Hall–Kier alpha value is -3.15. The molecular weight excluding hydrogens is 358 g/mol. The Morgan fingerprint density at radius 1 is 1.00 bits per heavy atom. The monoisotopic (exact) mass is 379 g/mol. The zero-order valence-corrected chi connectivity index (χ0v) is 15.7. The lowest BCUT2D eigenvalue weighted by molar-refractivity contribution is -0.128. The molecule has 1 aliphatic heterocycles. The predicted octanol–water partition coefficient (Wildman–Crippen LogP) is 3.87. The van der Waals surface area contributed by atoms with Crippen molar-refractivity contribution >= 4 is 28.6 Å². The minimum Gasteiger partial charge on any atom is -0.496 e. The van der Waals surface area contributed by atoms with Gasteiger partial charge in [-0.2, -0.15) is 0 Å². The Bertz CT molecular complexity index is 981. The Labute approximate surface area is 162 Å². The highest BCUT2D eigenvalue weighted by Gasteiger charge is 2.39. The van der Waals surface area contributed by atoms with Crippen LogP contribution in [0.2, 0.25) is 0 Å². The van der Waals surface area contributed by atoms with Gasteiger partial charge in [0.1, 0.15) is 11.5 Å². The fourth-order valence-corrected chi connectivity index (χ4v) is 4.22. The fourth-order valence-electron chi connectivity index (χ4n) is 4.22. The second kappa shape index (κ2) is 7.11. The van der Waals surface area contributed by atoms with Gasteiger partial charge in [-0.15, -0.1) is 0 Å². The van der Waals surface area contributed by atoms with Gasteiger partial charge in [-0.3, -0.25) is 14.5 Å². The Morgan fingerprint density at radius 2 is 1.61 bits per heavy atom. The molecule has 1 saturated carbocycles. The highest BCUT2D eigenvalue weighted by Crippen LogP contribution is 2.42. The number of benzene rings is 2. The lowest BCUT2D eigenvalue weighted by Crippen LogP contribution is -2.47. The summed E-state index contributed by atoms with van der Waals surface area (Å²) < 4.78 is 10.8. The van der Waals surface area contributed by atoms with Crippen LogP contribution in [0.3, 0.4) is 0 Å². The van der Waals surface area contributed by atoms with E-state index >= 15 is 0 Å². The third-order valence-corrected chi connectivity index (χ3v) is 5.52. The van der Waals surface area contributed by atoms with Crippen LogP contribution in [0, 0.1) is 0 Å². The number of carbonyl (C=O) groups is 3. The number of nitrogens with zero attached hydrogens (tertiary/aromatic N) is 1. The molecule has 0 N–H and O–H groups in total. The number of carbonyl (C=O) groups excluding carboxylic acids is 3. The average Bonchev–Trinajstić information content (AvgIpc) is 2.73. The Morgan fingerprint density at radius 3 is 2.18 bits per heavy atom. The van der Waals surface area contributed by atoms with Crippen molar-refractivity contribution in [3.8, 4) is 11.5 Å². The Kier molecular flexibility index (Phi) is 4.63. The molecule has 1 heterocycles. The maximum atomic E-state index is 13.2. The number of esters is 1. The van der Waals surface area contributed by atoms with Crippen molar-refractivity contribution in [3.63, 3.8) is 0 Å². The number of ether oxygens (including phenoxy) is 2. The van der Waals surface area contributed by atoms with E-state index in [9.17, 15) is 14.4 Å². The van der Waals surface area contributed by atoms with E-state index in [1.54, 1.807) is 24.3 Å². The van der Waals surface area contributed by atoms with E-state index in [1.807, 2.05) is 0 Å². The topological polar surface area (TPSA) is 72.9 Å². The third-order valence-electron chi connectivity index (χ3n) is 5.52. The van der Waals surface area contributed by atoms with Gasteiger partial charge in [0.2, 0.25) is 0 Å². The summed E-state index contributed by atoms with van der Waals surface area (Å²) in [4.78, 5) is 39.6. The minimum atomic E-state index is -0.625. The number of hydrogen-bond donors (Lipinski definition) is 0. The maximum absolute atomic E-state index is 13.2. The van der Waals surface area contributed by atoms with Gasteiger partial charge in [0.05, 0.1) is 12.5 Å². The molecule has 6 nitrogen and oxygen atoms in total. The lowest BCUT2D eigenvalue weighted by atomic mass is 9.88. The van der Waals surface area contributed by atoms with Crippen LogP contribution in [-0.4, -0.2) is 35.8 Å². The molecule has 1 fully saturated rings. The zero-order chi connectivity index (χ0) is 19.8. The summed E-state index contributed by atoms with van der Waals surface area (Å²) in [5.74, 6) is -0.568. The van der Waals surface area contributed by atoms with Gasteiger partial charge in [-0.1, -0.05) is 25.8 Å². The SMILES string of the molecule is C=CC(=O)Oc1ccc2c3c(ccc(OC)c13)C(=O)N(C1CCCCC1)C2=O. The van der Waals surface area contributed by atoms with Crippen LogP contribution < -0.4 is 9.47 Å². The van der Waals surface area contributed by atoms with Crippen molar-refractivity contribution in [2.75, 3.05) is 7.11 Å². The number of methoxy groups -OCH3 is 1. The smallest absolute Gasteiger partial charge is 0.335 e. The van der Waals surface area contributed by atoms with Crippen molar-refractivity contribution in [2.45, 2.75) is 38.1 Å². The van der Waals surface area contributed by atoms with E-state index < -0.39 is 5.97 Å². The quantitative estimate of drug-likeness (QED) is 0.349. The largest absolute Gasteiger partial charge is 0.496 e. The molecule has 0 unspecified atom stereocenters. The first kappa shape index (κ1) is 18.2. The normalized spacial score (nSPS) is 17.0. The second-order valence-corrected chi connectivity index (χ2v) is 7.07. The van der Waals surface area contributed by atoms with E-state index in [0.29, 0.717) is 27.6 Å². The summed E-state index contributed by atoms with van der Waals surface area (Å²) in [5.41, 5.74) is 0.847. The van der Waals surface area contributed by atoms with Gasteiger partial charge in [0, 0.05) is 28.6 Å². The standard InChI is InChI=1S/C22H21NO5/c1-3-18(24)28-17-12-10-15-19-14(9-11-16(27-2)20(17)19)21(25)23(22(15)26)13-7-5-4-6-8-13/h3,9-13H,1,4-8H2,2H3. The number of hydrogen-bond acceptors (Lipinski definition) is 5. The molecule has 6 heteroatoms. The van der Waals surface area contributed by atoms with Gasteiger partial charge in [-0.25, -0.2) is 4.79 Å². The van der Waals surface area contributed by atoms with Gasteiger partial charge >= 0.3 is 5.97 Å². The summed E-state index contributed by atoms with van der Waals surface area (Å²) in [6, 6.07) is 6.45. The number of amides is 2. The molecule has 0 spiro atoms. The molecule has 2 amide bonds. The van der Waals surface area contributed by atoms with Crippen molar-refractivity contribution in [1.82, 2.24) is 4.90 Å². The van der Waals surface area contributed by atoms with Crippen molar-refractivity contribution in [1.29, 1.82) is 0 Å². The first-order chi connectivity index (χ1) is 13.6. The van der Waals surface area contributed by atoms with Gasteiger partial charge < -0.3 is 9.47 Å². The van der Waals surface area contributed by atoms with Crippen LogP contribution in [-0.2, 0) is 4.79 Å². The molecule has 144 valence electrons. The lowest BCUT2D eigenvalue weighted by Gasteiger charge is -2.36. The van der Waals surface area contributed by atoms with Crippen LogP contribution in [0.25, 0.3) is 10.8 Å². The van der Waals surface area contributed by atoms with E-state index in [0.717, 1.165) is 38.2 Å². The van der Waals surface area contributed by atoms with Crippen LogP contribution in [0.15, 0.2) is 36.9 Å². The van der Waals surface area contributed by atoms with Gasteiger partial charge in [0.25, 0.3) is 11.8 Å². The van der Waals surface area contributed by atoms with Gasteiger partial charge in [-0.05, 0) is 37.1 Å². The molecular formula is C22H21NO5. The summed E-state index contributed by atoms with van der Waals surface area (Å²) in [7, 11) is 1.49. The van der Waals surface area contributed by atoms with Crippen LogP contribution >= 0.6 is 0 Å². The van der Waals surface area contributed by atoms with Gasteiger partial charge in [0.15, 0.2) is 0 Å². The first-order valence-corrected chi connectivity index (χ1v) is 9.42. The summed E-state index contributed by atoms with van der Waals surface area (Å²) in [6.45, 7) is 3.41. The predicted molar refractivity (Wildman–Crippen MR) is 104 cm³/mol. The minimum absolute atomic E-state index is 0.0719. The van der Waals surface area contributed by atoms with E-state index in [1.165, 1.54) is 12.0 Å². The molecule has 0 atom stereocenters.